The first kappa shape index (κ1) is 15.3. The Bertz CT molecular complexity index is 623. The number of nitrogens with one attached hydrogen (secondary N) is 1. The molecule has 1 unspecified atom stereocenters. The lowest BCUT2D eigenvalue weighted by molar-refractivity contribution is 0.0935. The van der Waals surface area contributed by atoms with Crippen molar-refractivity contribution in [1.29, 1.82) is 0 Å². The molecule has 0 bridgehead atoms. The molecule has 1 amide bonds. The summed E-state index contributed by atoms with van der Waals surface area (Å²) < 4.78 is 23.1. The summed E-state index contributed by atoms with van der Waals surface area (Å²) in [5, 5.41) is 2.90. The number of benzene rings is 1. The van der Waals surface area contributed by atoms with Gasteiger partial charge < -0.3 is 5.32 Å². The van der Waals surface area contributed by atoms with Gasteiger partial charge in [0.15, 0.2) is 0 Å². The summed E-state index contributed by atoms with van der Waals surface area (Å²) in [5.74, 6) is 0.290. The van der Waals surface area contributed by atoms with Gasteiger partial charge in [-0.25, -0.2) is 8.42 Å². The van der Waals surface area contributed by atoms with Gasteiger partial charge in [0.1, 0.15) is 0 Å². The summed E-state index contributed by atoms with van der Waals surface area (Å²) in [5.41, 5.74) is 0.945. The number of hydrogen-bond donors (Lipinski definition) is 1. The van der Waals surface area contributed by atoms with Crippen LogP contribution >= 0.6 is 10.7 Å². The number of hydrogen-bond acceptors (Lipinski definition) is 3. The molecular weight excluding hydrogens is 298 g/mol. The van der Waals surface area contributed by atoms with Crippen molar-refractivity contribution >= 4 is 25.6 Å². The number of halogens is 1. The van der Waals surface area contributed by atoms with E-state index in [1.165, 1.54) is 6.07 Å². The number of carbonyl (C=O) groups excluding carboxylic acids is 1. The van der Waals surface area contributed by atoms with Crippen LogP contribution in [-0.4, -0.2) is 20.4 Å². The van der Waals surface area contributed by atoms with Crippen LogP contribution in [0.5, 0.6) is 0 Å². The maximum atomic E-state index is 12.1. The molecule has 0 aromatic heterocycles. The molecule has 1 aromatic carbocycles. The molecule has 0 spiro atoms. The van der Waals surface area contributed by atoms with E-state index in [0.717, 1.165) is 12.8 Å². The highest BCUT2D eigenvalue weighted by atomic mass is 35.7. The van der Waals surface area contributed by atoms with Crippen molar-refractivity contribution in [3.05, 3.63) is 29.3 Å². The highest BCUT2D eigenvalue weighted by molar-refractivity contribution is 8.13. The zero-order chi connectivity index (χ0) is 14.9. The molecule has 0 heterocycles. The molecule has 6 heteroatoms. The van der Waals surface area contributed by atoms with Crippen LogP contribution in [0.2, 0.25) is 0 Å². The number of aryl methyl sites for hydroxylation is 1. The Labute approximate surface area is 123 Å². The van der Waals surface area contributed by atoms with E-state index in [4.69, 9.17) is 10.7 Å². The summed E-state index contributed by atoms with van der Waals surface area (Å²) in [6.45, 7) is 3.81. The van der Waals surface area contributed by atoms with Gasteiger partial charge in [0, 0.05) is 22.3 Å². The van der Waals surface area contributed by atoms with Crippen molar-refractivity contribution in [3.8, 4) is 0 Å². The molecule has 20 heavy (non-hydrogen) atoms. The van der Waals surface area contributed by atoms with E-state index < -0.39 is 9.05 Å². The van der Waals surface area contributed by atoms with Gasteiger partial charge in [-0.05, 0) is 49.8 Å². The summed E-state index contributed by atoms with van der Waals surface area (Å²) in [6, 6.07) is 4.76. The lowest BCUT2D eigenvalue weighted by atomic mass is 10.1. The van der Waals surface area contributed by atoms with Crippen LogP contribution in [-0.2, 0) is 15.5 Å². The Morgan fingerprint density at radius 2 is 2.10 bits per heavy atom. The average Bonchev–Trinajstić information content (AvgIpc) is 3.21. The van der Waals surface area contributed by atoms with E-state index in [0.29, 0.717) is 23.5 Å². The van der Waals surface area contributed by atoms with Gasteiger partial charge in [0.25, 0.3) is 15.0 Å². The van der Waals surface area contributed by atoms with Crippen LogP contribution < -0.4 is 5.32 Å². The maximum Gasteiger partial charge on any atom is 0.261 e. The normalized spacial score (nSPS) is 16.8. The molecule has 1 aliphatic carbocycles. The molecule has 0 aliphatic heterocycles. The zero-order valence-electron chi connectivity index (χ0n) is 11.5. The molecule has 1 saturated carbocycles. The fraction of sp³-hybridized carbons (Fsp3) is 0.500. The molecular formula is C14H18ClNO3S. The van der Waals surface area contributed by atoms with E-state index in [1.807, 2.05) is 13.8 Å². The second kappa shape index (κ2) is 5.74. The Balaban J connectivity index is 2.26. The van der Waals surface area contributed by atoms with Crippen LogP contribution in [0.15, 0.2) is 23.1 Å². The van der Waals surface area contributed by atoms with Gasteiger partial charge in [-0.2, -0.15) is 0 Å². The van der Waals surface area contributed by atoms with Crippen molar-refractivity contribution in [1.82, 2.24) is 5.32 Å². The van der Waals surface area contributed by atoms with Crippen molar-refractivity contribution in [2.75, 3.05) is 0 Å². The highest BCUT2D eigenvalue weighted by Gasteiger charge is 2.29. The van der Waals surface area contributed by atoms with Gasteiger partial charge in [-0.15, -0.1) is 0 Å². The topological polar surface area (TPSA) is 63.2 Å². The van der Waals surface area contributed by atoms with Gasteiger partial charge in [-0.1, -0.05) is 13.0 Å². The Morgan fingerprint density at radius 3 is 2.60 bits per heavy atom. The fourth-order valence-corrected chi connectivity index (χ4v) is 3.44. The van der Waals surface area contributed by atoms with Crippen molar-refractivity contribution < 1.29 is 13.2 Å². The van der Waals surface area contributed by atoms with Gasteiger partial charge >= 0.3 is 0 Å². The second-order valence-electron chi connectivity index (χ2n) is 5.21. The number of carbonyl (C=O) groups is 1. The summed E-state index contributed by atoms with van der Waals surface area (Å²) in [7, 11) is 1.58. The molecule has 1 aromatic rings. The molecule has 0 radical (unpaired) electrons. The lowest BCUT2D eigenvalue weighted by Crippen LogP contribution is -2.34. The van der Waals surface area contributed by atoms with Crippen molar-refractivity contribution in [2.45, 2.75) is 44.0 Å². The third-order valence-corrected chi connectivity index (χ3v) is 5.06. The van der Waals surface area contributed by atoms with E-state index in [-0.39, 0.29) is 16.8 Å². The number of rotatable bonds is 5. The molecule has 1 N–H and O–H groups in total. The quantitative estimate of drug-likeness (QED) is 0.850. The molecule has 1 aliphatic rings. The highest BCUT2D eigenvalue weighted by Crippen LogP contribution is 2.32. The van der Waals surface area contributed by atoms with E-state index >= 15 is 0 Å². The SMILES string of the molecule is CCc1ccc(C(=O)NC(C)C2CC2)cc1S(=O)(=O)Cl. The third-order valence-electron chi connectivity index (χ3n) is 3.66. The van der Waals surface area contributed by atoms with Gasteiger partial charge in [0.2, 0.25) is 0 Å². The first-order valence-electron chi connectivity index (χ1n) is 6.71. The van der Waals surface area contributed by atoms with Gasteiger partial charge in [-0.3, -0.25) is 4.79 Å². The van der Waals surface area contributed by atoms with E-state index in [1.54, 1.807) is 12.1 Å². The molecule has 4 nitrogen and oxygen atoms in total. The largest absolute Gasteiger partial charge is 0.349 e. The van der Waals surface area contributed by atoms with Crippen LogP contribution in [0.4, 0.5) is 0 Å². The van der Waals surface area contributed by atoms with Crippen LogP contribution in [0.25, 0.3) is 0 Å². The zero-order valence-corrected chi connectivity index (χ0v) is 13.1. The van der Waals surface area contributed by atoms with E-state index in [2.05, 4.69) is 5.32 Å². The standard InChI is InChI=1S/C14H18ClNO3S/c1-3-10-4-7-12(8-13(10)20(15,18)19)14(17)16-9(2)11-5-6-11/h4,7-9,11H,3,5-6H2,1-2H3,(H,16,17). The van der Waals surface area contributed by atoms with E-state index in [9.17, 15) is 13.2 Å². The Hall–Kier alpha value is -1.07. The minimum Gasteiger partial charge on any atom is -0.349 e. The lowest BCUT2D eigenvalue weighted by Gasteiger charge is -2.14. The molecule has 1 fully saturated rings. The van der Waals surface area contributed by atoms with Gasteiger partial charge in [0.05, 0.1) is 4.90 Å². The minimum atomic E-state index is -3.84. The third kappa shape index (κ3) is 3.52. The van der Waals surface area contributed by atoms with Crippen LogP contribution in [0, 0.1) is 5.92 Å². The predicted octanol–water partition coefficient (Wildman–Crippen LogP) is 2.70. The van der Waals surface area contributed by atoms with Crippen LogP contribution in [0.1, 0.15) is 42.6 Å². The smallest absolute Gasteiger partial charge is 0.261 e. The Kier molecular flexibility index (Phi) is 4.39. The first-order chi connectivity index (χ1) is 9.32. The molecule has 1 atom stereocenters. The fourth-order valence-electron chi connectivity index (χ4n) is 2.22. The average molecular weight is 316 g/mol. The monoisotopic (exact) mass is 315 g/mol. The first-order valence-corrected chi connectivity index (χ1v) is 9.02. The summed E-state index contributed by atoms with van der Waals surface area (Å²) in [6.07, 6.45) is 2.82. The number of amides is 1. The second-order valence-corrected chi connectivity index (χ2v) is 7.75. The molecule has 2 rings (SSSR count). The van der Waals surface area contributed by atoms with Crippen molar-refractivity contribution in [2.24, 2.45) is 5.92 Å². The Morgan fingerprint density at radius 1 is 1.45 bits per heavy atom. The minimum absolute atomic E-state index is 0.0217. The predicted molar refractivity (Wildman–Crippen MR) is 78.5 cm³/mol. The summed E-state index contributed by atoms with van der Waals surface area (Å²) >= 11 is 0. The summed E-state index contributed by atoms with van der Waals surface area (Å²) in [4.78, 5) is 12.1. The van der Waals surface area contributed by atoms with Crippen LogP contribution in [0.3, 0.4) is 0 Å². The molecule has 110 valence electrons. The maximum absolute atomic E-state index is 12.1. The molecule has 0 saturated heterocycles. The van der Waals surface area contributed by atoms with Crippen molar-refractivity contribution in [3.63, 3.8) is 0 Å².